The van der Waals surface area contributed by atoms with E-state index in [1.54, 1.807) is 0 Å². The Morgan fingerprint density at radius 2 is 1.95 bits per heavy atom. The zero-order valence-electron chi connectivity index (χ0n) is 10.6. The van der Waals surface area contributed by atoms with Crippen molar-refractivity contribution in [1.82, 2.24) is 5.32 Å². The summed E-state index contributed by atoms with van der Waals surface area (Å²) in [5, 5.41) is 21.6. The molecular weight excluding hydrogens is 250 g/mol. The molecule has 0 radical (unpaired) electrons. The Balaban J connectivity index is 3.10. The van der Waals surface area contributed by atoms with Crippen LogP contribution in [0.2, 0.25) is 0 Å². The quantitative estimate of drug-likeness (QED) is 0.628. The van der Waals surface area contributed by atoms with Crippen molar-refractivity contribution in [3.05, 3.63) is 36.1 Å². The molecular formula is C13H15NO5. The highest BCUT2D eigenvalue weighted by Crippen LogP contribution is 2.28. The molecule has 2 atom stereocenters. The van der Waals surface area contributed by atoms with Crippen molar-refractivity contribution in [1.29, 1.82) is 0 Å². The van der Waals surface area contributed by atoms with Crippen LogP contribution in [0.3, 0.4) is 0 Å². The smallest absolute Gasteiger partial charge is 0.314 e. The van der Waals surface area contributed by atoms with Crippen LogP contribution in [0.5, 0.6) is 0 Å². The second-order valence-electron chi connectivity index (χ2n) is 4.39. The van der Waals surface area contributed by atoms with Crippen LogP contribution in [-0.2, 0) is 14.4 Å². The highest BCUT2D eigenvalue weighted by atomic mass is 16.4. The number of hydrogen-bond donors (Lipinski definition) is 3. The molecule has 0 bridgehead atoms. The van der Waals surface area contributed by atoms with Gasteiger partial charge >= 0.3 is 5.97 Å². The highest BCUT2D eigenvalue weighted by Gasteiger charge is 2.44. The number of carboxylic acids is 1. The molecule has 0 saturated carbocycles. The molecule has 0 saturated heterocycles. The molecule has 2 unspecified atom stereocenters. The molecule has 0 fully saturated rings. The number of nitrogens with one attached hydrogen (secondary N) is 1. The lowest BCUT2D eigenvalue weighted by Crippen LogP contribution is -2.48. The maximum absolute atomic E-state index is 11.5. The molecule has 6 heteroatoms. The van der Waals surface area contributed by atoms with Crippen molar-refractivity contribution < 1.29 is 24.6 Å². The Hall–Kier alpha value is -2.21. The first-order valence-electron chi connectivity index (χ1n) is 5.52. The number of hydrogen-bond acceptors (Lipinski definition) is 4. The Morgan fingerprint density at radius 1 is 1.37 bits per heavy atom. The fourth-order valence-electron chi connectivity index (χ4n) is 1.63. The van der Waals surface area contributed by atoms with Crippen molar-refractivity contribution in [2.24, 2.45) is 5.92 Å². The lowest BCUT2D eigenvalue weighted by Gasteiger charge is -2.30. The molecule has 3 N–H and O–H groups in total. The van der Waals surface area contributed by atoms with Gasteiger partial charge in [-0.2, -0.15) is 0 Å². The van der Waals surface area contributed by atoms with E-state index in [1.807, 2.05) is 0 Å². The van der Waals surface area contributed by atoms with E-state index < -0.39 is 29.2 Å². The molecule has 1 aliphatic rings. The minimum atomic E-state index is -2.17. The summed E-state index contributed by atoms with van der Waals surface area (Å²) in [7, 11) is 0. The van der Waals surface area contributed by atoms with Crippen molar-refractivity contribution in [2.45, 2.75) is 19.4 Å². The lowest BCUT2D eigenvalue weighted by atomic mass is 9.80. The predicted octanol–water partition coefficient (Wildman–Crippen LogP) is 0.153. The van der Waals surface area contributed by atoms with Gasteiger partial charge in [0.2, 0.25) is 0 Å². The van der Waals surface area contributed by atoms with Crippen LogP contribution in [0.1, 0.15) is 13.8 Å². The third kappa shape index (κ3) is 2.97. The van der Waals surface area contributed by atoms with Gasteiger partial charge in [0.1, 0.15) is 5.92 Å². The molecule has 102 valence electrons. The number of allylic oxidation sites excluding steroid dienone is 1. The molecule has 0 aromatic carbocycles. The average molecular weight is 265 g/mol. The van der Waals surface area contributed by atoms with Crippen molar-refractivity contribution in [3.63, 3.8) is 0 Å². The van der Waals surface area contributed by atoms with Gasteiger partial charge in [-0.3, -0.25) is 14.4 Å². The lowest BCUT2D eigenvalue weighted by molar-refractivity contribution is -0.152. The first-order chi connectivity index (χ1) is 8.68. The minimum Gasteiger partial charge on any atom is -0.481 e. The summed E-state index contributed by atoms with van der Waals surface area (Å²) < 4.78 is 0. The molecule has 0 aliphatic heterocycles. The Kier molecular flexibility index (Phi) is 4.06. The molecule has 19 heavy (non-hydrogen) atoms. The SMILES string of the molecule is C=C(C)C(=O)NC1=CC(O)(C(C)=O)C(C(=O)O)C=C1. The zero-order valence-corrected chi connectivity index (χ0v) is 10.6. The summed E-state index contributed by atoms with van der Waals surface area (Å²) in [5.41, 5.74) is -1.76. The van der Waals surface area contributed by atoms with Crippen LogP contribution in [0.25, 0.3) is 0 Å². The summed E-state index contributed by atoms with van der Waals surface area (Å²) in [6.45, 7) is 6.04. The number of aliphatic carboxylic acids is 1. The van der Waals surface area contributed by atoms with Crippen LogP contribution in [0.4, 0.5) is 0 Å². The van der Waals surface area contributed by atoms with E-state index in [9.17, 15) is 19.5 Å². The molecule has 1 rings (SSSR count). The number of carboxylic acid groups (broad SMARTS) is 1. The van der Waals surface area contributed by atoms with Gasteiger partial charge in [-0.15, -0.1) is 0 Å². The van der Waals surface area contributed by atoms with E-state index in [-0.39, 0.29) is 11.3 Å². The Labute approximate surface area is 110 Å². The number of carbonyl (C=O) groups is 3. The van der Waals surface area contributed by atoms with Gasteiger partial charge in [0.25, 0.3) is 5.91 Å². The molecule has 0 aromatic rings. The maximum Gasteiger partial charge on any atom is 0.314 e. The summed E-state index contributed by atoms with van der Waals surface area (Å²) in [5.74, 6) is -3.90. The summed E-state index contributed by atoms with van der Waals surface area (Å²) in [4.78, 5) is 33.9. The topological polar surface area (TPSA) is 104 Å². The van der Waals surface area contributed by atoms with Gasteiger partial charge in [0, 0.05) is 11.3 Å². The van der Waals surface area contributed by atoms with Crippen molar-refractivity contribution >= 4 is 17.7 Å². The Morgan fingerprint density at radius 3 is 2.37 bits per heavy atom. The minimum absolute atomic E-state index is 0.156. The number of rotatable bonds is 4. The van der Waals surface area contributed by atoms with E-state index >= 15 is 0 Å². The first kappa shape index (κ1) is 14.8. The predicted molar refractivity (Wildman–Crippen MR) is 66.9 cm³/mol. The molecule has 0 heterocycles. The monoisotopic (exact) mass is 265 g/mol. The van der Waals surface area contributed by atoms with E-state index in [0.717, 1.165) is 19.1 Å². The molecule has 0 aromatic heterocycles. The number of ketones is 1. The van der Waals surface area contributed by atoms with Crippen LogP contribution in [0.15, 0.2) is 36.1 Å². The third-order valence-electron chi connectivity index (χ3n) is 2.79. The number of carbonyl (C=O) groups excluding carboxylic acids is 2. The Bertz CT molecular complexity index is 517. The zero-order chi connectivity index (χ0) is 14.8. The third-order valence-corrected chi connectivity index (χ3v) is 2.79. The van der Waals surface area contributed by atoms with Crippen molar-refractivity contribution in [2.75, 3.05) is 0 Å². The number of amides is 1. The van der Waals surface area contributed by atoms with Crippen LogP contribution in [0, 0.1) is 5.92 Å². The van der Waals surface area contributed by atoms with Crippen LogP contribution >= 0.6 is 0 Å². The van der Waals surface area contributed by atoms with E-state index in [2.05, 4.69) is 11.9 Å². The number of Topliss-reactive ketones (excluding diaryl/α,β-unsaturated/α-hetero) is 1. The highest BCUT2D eigenvalue weighted by molar-refractivity contribution is 5.96. The molecule has 1 aliphatic carbocycles. The molecule has 0 spiro atoms. The standard InChI is InChI=1S/C13H15NO5/c1-7(2)11(16)14-9-4-5-10(12(17)18)13(19,6-9)8(3)15/h4-6,10,19H,1H2,2-3H3,(H,14,16)(H,17,18). The van der Waals surface area contributed by atoms with Crippen molar-refractivity contribution in [3.8, 4) is 0 Å². The normalized spacial score (nSPS) is 25.4. The van der Waals surface area contributed by atoms with Gasteiger partial charge in [0.15, 0.2) is 11.4 Å². The average Bonchev–Trinajstić information content (AvgIpc) is 2.28. The number of aliphatic hydroxyl groups is 1. The van der Waals surface area contributed by atoms with Crippen LogP contribution < -0.4 is 5.32 Å². The molecule has 1 amide bonds. The fourth-order valence-corrected chi connectivity index (χ4v) is 1.63. The summed E-state index contributed by atoms with van der Waals surface area (Å²) in [6.07, 6.45) is 3.53. The first-order valence-corrected chi connectivity index (χ1v) is 5.52. The van der Waals surface area contributed by atoms with Crippen LogP contribution in [-0.4, -0.2) is 33.5 Å². The molecule has 6 nitrogen and oxygen atoms in total. The van der Waals surface area contributed by atoms with Gasteiger partial charge in [0.05, 0.1) is 0 Å². The van der Waals surface area contributed by atoms with Gasteiger partial charge in [-0.25, -0.2) is 0 Å². The summed E-state index contributed by atoms with van der Waals surface area (Å²) in [6, 6.07) is 0. The second kappa shape index (κ2) is 5.19. The van der Waals surface area contributed by atoms with Gasteiger partial charge in [-0.05, 0) is 26.0 Å². The van der Waals surface area contributed by atoms with Gasteiger partial charge < -0.3 is 15.5 Å². The largest absolute Gasteiger partial charge is 0.481 e. The van der Waals surface area contributed by atoms with E-state index in [1.165, 1.54) is 13.0 Å². The van der Waals surface area contributed by atoms with Gasteiger partial charge in [-0.1, -0.05) is 12.7 Å². The van der Waals surface area contributed by atoms with E-state index in [0.29, 0.717) is 0 Å². The van der Waals surface area contributed by atoms with E-state index in [4.69, 9.17) is 5.11 Å². The fraction of sp³-hybridized carbons (Fsp3) is 0.308. The summed E-state index contributed by atoms with van der Waals surface area (Å²) >= 11 is 0. The second-order valence-corrected chi connectivity index (χ2v) is 4.39. The maximum atomic E-state index is 11.5.